The Bertz CT molecular complexity index is 289. The molecule has 0 spiro atoms. The Balaban J connectivity index is 1.67. The molecular formula is C15H29N3O2. The zero-order chi connectivity index (χ0) is 14.2. The Labute approximate surface area is 122 Å². The molecule has 1 aliphatic carbocycles. The molecule has 1 saturated heterocycles. The first-order valence-electron chi connectivity index (χ1n) is 8.00. The van der Waals surface area contributed by atoms with Crippen molar-refractivity contribution in [2.45, 2.75) is 38.1 Å². The molecule has 20 heavy (non-hydrogen) atoms. The summed E-state index contributed by atoms with van der Waals surface area (Å²) in [6.45, 7) is 5.33. The summed E-state index contributed by atoms with van der Waals surface area (Å²) in [5, 5.41) is 6.45. The minimum absolute atomic E-state index is 0.164. The lowest BCUT2D eigenvalue weighted by molar-refractivity contribution is -0.122. The molecule has 0 bridgehead atoms. The third-order valence-corrected chi connectivity index (χ3v) is 4.15. The number of methoxy groups -OCH3 is 1. The van der Waals surface area contributed by atoms with Crippen LogP contribution in [-0.2, 0) is 9.53 Å². The number of nitrogens with one attached hydrogen (secondary N) is 2. The van der Waals surface area contributed by atoms with Crippen LogP contribution in [0.4, 0.5) is 0 Å². The van der Waals surface area contributed by atoms with E-state index in [9.17, 15) is 4.79 Å². The number of amides is 1. The molecule has 1 atom stereocenters. The fraction of sp³-hybridized carbons (Fsp3) is 0.933. The molecule has 5 nitrogen and oxygen atoms in total. The van der Waals surface area contributed by atoms with Crippen molar-refractivity contribution in [3.63, 3.8) is 0 Å². The van der Waals surface area contributed by atoms with Crippen LogP contribution in [0.5, 0.6) is 0 Å². The standard InChI is InChI=1S/C15H29N3O2/c1-20-9-3-8-17-15(19)12-18(14-5-6-14)11-13-4-2-7-16-10-13/h13-14,16H,2-12H2,1H3,(H,17,19). The van der Waals surface area contributed by atoms with Gasteiger partial charge in [0.05, 0.1) is 6.54 Å². The molecular weight excluding hydrogens is 254 g/mol. The molecule has 2 rings (SSSR count). The molecule has 1 heterocycles. The number of hydrogen-bond acceptors (Lipinski definition) is 4. The Kier molecular flexibility index (Phi) is 6.76. The predicted molar refractivity (Wildman–Crippen MR) is 79.7 cm³/mol. The number of nitrogens with zero attached hydrogens (tertiary/aromatic N) is 1. The highest BCUT2D eigenvalue weighted by Crippen LogP contribution is 2.28. The predicted octanol–water partition coefficient (Wildman–Crippen LogP) is 0.603. The normalized spacial score (nSPS) is 23.0. The van der Waals surface area contributed by atoms with Crippen molar-refractivity contribution in [2.24, 2.45) is 5.92 Å². The van der Waals surface area contributed by atoms with Gasteiger partial charge in [-0.05, 0) is 51.1 Å². The number of piperidine rings is 1. The van der Waals surface area contributed by atoms with Gasteiger partial charge in [0.1, 0.15) is 0 Å². The first-order valence-corrected chi connectivity index (χ1v) is 8.00. The van der Waals surface area contributed by atoms with Gasteiger partial charge in [-0.15, -0.1) is 0 Å². The number of hydrogen-bond donors (Lipinski definition) is 2. The van der Waals surface area contributed by atoms with Crippen LogP contribution in [0.1, 0.15) is 32.1 Å². The number of carbonyl (C=O) groups is 1. The Morgan fingerprint density at radius 3 is 2.90 bits per heavy atom. The van der Waals surface area contributed by atoms with Crippen LogP contribution >= 0.6 is 0 Å². The summed E-state index contributed by atoms with van der Waals surface area (Å²) < 4.78 is 4.98. The highest BCUT2D eigenvalue weighted by atomic mass is 16.5. The van der Waals surface area contributed by atoms with E-state index in [0.717, 1.165) is 32.6 Å². The van der Waals surface area contributed by atoms with Gasteiger partial charge in [0.2, 0.25) is 5.91 Å². The molecule has 0 aromatic heterocycles. The Hall–Kier alpha value is -0.650. The molecule has 2 aliphatic rings. The zero-order valence-corrected chi connectivity index (χ0v) is 12.7. The van der Waals surface area contributed by atoms with Crippen LogP contribution in [0.3, 0.4) is 0 Å². The maximum Gasteiger partial charge on any atom is 0.234 e. The summed E-state index contributed by atoms with van der Waals surface area (Å²) in [6.07, 6.45) is 5.98. The minimum atomic E-state index is 0.164. The molecule has 1 unspecified atom stereocenters. The largest absolute Gasteiger partial charge is 0.385 e. The molecule has 1 amide bonds. The summed E-state index contributed by atoms with van der Waals surface area (Å²) in [6, 6.07) is 0.654. The van der Waals surface area contributed by atoms with E-state index < -0.39 is 0 Å². The molecule has 116 valence electrons. The van der Waals surface area contributed by atoms with Crippen molar-refractivity contribution in [3.05, 3.63) is 0 Å². The highest BCUT2D eigenvalue weighted by Gasteiger charge is 2.31. The van der Waals surface area contributed by atoms with Crippen LogP contribution in [0.25, 0.3) is 0 Å². The number of ether oxygens (including phenoxy) is 1. The SMILES string of the molecule is COCCCNC(=O)CN(CC1CCCNC1)C1CC1. The van der Waals surface area contributed by atoms with E-state index in [-0.39, 0.29) is 5.91 Å². The molecule has 0 aromatic carbocycles. The van der Waals surface area contributed by atoms with Crippen molar-refractivity contribution in [3.8, 4) is 0 Å². The second-order valence-corrected chi connectivity index (χ2v) is 6.07. The number of carbonyl (C=O) groups excluding carboxylic acids is 1. The van der Waals surface area contributed by atoms with E-state index in [0.29, 0.717) is 25.1 Å². The monoisotopic (exact) mass is 283 g/mol. The van der Waals surface area contributed by atoms with Gasteiger partial charge >= 0.3 is 0 Å². The summed E-state index contributed by atoms with van der Waals surface area (Å²) in [5.41, 5.74) is 0. The van der Waals surface area contributed by atoms with Crippen LogP contribution in [-0.4, -0.2) is 63.3 Å². The molecule has 2 N–H and O–H groups in total. The quantitative estimate of drug-likeness (QED) is 0.609. The third kappa shape index (κ3) is 5.77. The second-order valence-electron chi connectivity index (χ2n) is 6.07. The van der Waals surface area contributed by atoms with Crippen molar-refractivity contribution in [2.75, 3.05) is 46.4 Å². The van der Waals surface area contributed by atoms with E-state index in [2.05, 4.69) is 15.5 Å². The Morgan fingerprint density at radius 2 is 2.25 bits per heavy atom. The topological polar surface area (TPSA) is 53.6 Å². The molecule has 5 heteroatoms. The van der Waals surface area contributed by atoms with E-state index in [4.69, 9.17) is 4.74 Å². The summed E-state index contributed by atoms with van der Waals surface area (Å²) in [5.74, 6) is 0.877. The van der Waals surface area contributed by atoms with Gasteiger partial charge in [0.15, 0.2) is 0 Å². The van der Waals surface area contributed by atoms with Crippen molar-refractivity contribution in [1.82, 2.24) is 15.5 Å². The third-order valence-electron chi connectivity index (χ3n) is 4.15. The fourth-order valence-electron chi connectivity index (χ4n) is 2.88. The van der Waals surface area contributed by atoms with Crippen LogP contribution in [0, 0.1) is 5.92 Å². The summed E-state index contributed by atoms with van der Waals surface area (Å²) in [4.78, 5) is 14.4. The van der Waals surface area contributed by atoms with Gasteiger partial charge in [-0.2, -0.15) is 0 Å². The smallest absolute Gasteiger partial charge is 0.234 e. The average Bonchev–Trinajstić information content (AvgIpc) is 3.29. The molecule has 1 aliphatic heterocycles. The van der Waals surface area contributed by atoms with Crippen LogP contribution < -0.4 is 10.6 Å². The van der Waals surface area contributed by atoms with Crippen molar-refractivity contribution < 1.29 is 9.53 Å². The van der Waals surface area contributed by atoms with Crippen molar-refractivity contribution in [1.29, 1.82) is 0 Å². The fourth-order valence-corrected chi connectivity index (χ4v) is 2.88. The molecule has 1 saturated carbocycles. The van der Waals surface area contributed by atoms with Crippen LogP contribution in [0.15, 0.2) is 0 Å². The van der Waals surface area contributed by atoms with Crippen molar-refractivity contribution >= 4 is 5.91 Å². The molecule has 2 fully saturated rings. The van der Waals surface area contributed by atoms with Gasteiger partial charge < -0.3 is 15.4 Å². The Morgan fingerprint density at radius 1 is 1.40 bits per heavy atom. The van der Waals surface area contributed by atoms with E-state index in [1.54, 1.807) is 7.11 Å². The lowest BCUT2D eigenvalue weighted by atomic mass is 9.99. The van der Waals surface area contributed by atoms with Gasteiger partial charge in [-0.3, -0.25) is 9.69 Å². The van der Waals surface area contributed by atoms with Gasteiger partial charge in [0, 0.05) is 32.8 Å². The average molecular weight is 283 g/mol. The zero-order valence-electron chi connectivity index (χ0n) is 12.7. The van der Waals surface area contributed by atoms with E-state index >= 15 is 0 Å². The highest BCUT2D eigenvalue weighted by molar-refractivity contribution is 5.78. The second kappa shape index (κ2) is 8.60. The van der Waals surface area contributed by atoms with Gasteiger partial charge in [-0.25, -0.2) is 0 Å². The summed E-state index contributed by atoms with van der Waals surface area (Å²) >= 11 is 0. The lowest BCUT2D eigenvalue weighted by Gasteiger charge is -2.29. The van der Waals surface area contributed by atoms with Gasteiger partial charge in [-0.1, -0.05) is 0 Å². The summed E-state index contributed by atoms with van der Waals surface area (Å²) in [7, 11) is 1.69. The minimum Gasteiger partial charge on any atom is -0.385 e. The molecule has 0 radical (unpaired) electrons. The lowest BCUT2D eigenvalue weighted by Crippen LogP contribution is -2.44. The van der Waals surface area contributed by atoms with Crippen LogP contribution in [0.2, 0.25) is 0 Å². The maximum absolute atomic E-state index is 12.0. The van der Waals surface area contributed by atoms with E-state index in [1.807, 2.05) is 0 Å². The van der Waals surface area contributed by atoms with Gasteiger partial charge in [0.25, 0.3) is 0 Å². The maximum atomic E-state index is 12.0. The first-order chi connectivity index (χ1) is 9.79. The number of rotatable bonds is 9. The van der Waals surface area contributed by atoms with E-state index in [1.165, 1.54) is 25.7 Å². The first kappa shape index (κ1) is 15.7. The molecule has 0 aromatic rings.